The van der Waals surface area contributed by atoms with Crippen molar-refractivity contribution in [3.63, 3.8) is 0 Å². The van der Waals surface area contributed by atoms with Crippen LogP contribution in [0.25, 0.3) is 0 Å². The SMILES string of the molecule is C=CCOc1c(CC=C)cc(C2C3=C(CCCC3=O)NC3=C2C(=O)CCC3)cc1OCC. The van der Waals surface area contributed by atoms with Crippen molar-refractivity contribution < 1.29 is 19.1 Å². The molecule has 5 heteroatoms. The van der Waals surface area contributed by atoms with Gasteiger partial charge in [0.05, 0.1) is 6.61 Å². The highest BCUT2D eigenvalue weighted by Crippen LogP contribution is 2.47. The van der Waals surface area contributed by atoms with Crippen molar-refractivity contribution in [1.82, 2.24) is 5.32 Å². The predicted octanol–water partition coefficient (Wildman–Crippen LogP) is 5.08. The average Bonchev–Trinajstić information content (AvgIpc) is 2.78. The van der Waals surface area contributed by atoms with Crippen molar-refractivity contribution in [2.45, 2.75) is 57.8 Å². The number of carbonyl (C=O) groups excluding carboxylic acids is 2. The predicted molar refractivity (Wildman–Crippen MR) is 125 cm³/mol. The first-order valence-corrected chi connectivity index (χ1v) is 11.5. The van der Waals surface area contributed by atoms with Gasteiger partial charge in [0, 0.05) is 46.9 Å². The molecule has 0 saturated heterocycles. The number of ketones is 2. The van der Waals surface area contributed by atoms with Gasteiger partial charge in [-0.25, -0.2) is 0 Å². The Labute approximate surface area is 189 Å². The molecule has 0 saturated carbocycles. The highest BCUT2D eigenvalue weighted by atomic mass is 16.5. The number of Topliss-reactive ketones (excluding diaryl/α,β-unsaturated/α-hetero) is 2. The first kappa shape index (κ1) is 22.1. The minimum atomic E-state index is -0.363. The van der Waals surface area contributed by atoms with Crippen LogP contribution in [0.3, 0.4) is 0 Å². The zero-order valence-electron chi connectivity index (χ0n) is 18.8. The van der Waals surface area contributed by atoms with Crippen LogP contribution in [0.2, 0.25) is 0 Å². The maximum Gasteiger partial charge on any atom is 0.165 e. The van der Waals surface area contributed by atoms with Crippen LogP contribution in [-0.2, 0) is 16.0 Å². The molecule has 1 aromatic carbocycles. The van der Waals surface area contributed by atoms with Gasteiger partial charge in [-0.3, -0.25) is 9.59 Å². The molecule has 0 spiro atoms. The summed E-state index contributed by atoms with van der Waals surface area (Å²) >= 11 is 0. The van der Waals surface area contributed by atoms with Gasteiger partial charge in [0.15, 0.2) is 23.1 Å². The number of carbonyl (C=O) groups is 2. The fourth-order valence-electron chi connectivity index (χ4n) is 5.04. The number of dihydropyridines is 1. The molecule has 2 aliphatic carbocycles. The van der Waals surface area contributed by atoms with Gasteiger partial charge in [0.1, 0.15) is 6.61 Å². The minimum Gasteiger partial charge on any atom is -0.490 e. The quantitative estimate of drug-likeness (QED) is 0.579. The minimum absolute atomic E-state index is 0.129. The molecule has 0 amide bonds. The second-order valence-electron chi connectivity index (χ2n) is 8.43. The molecule has 0 radical (unpaired) electrons. The fraction of sp³-hybridized carbons (Fsp3) is 0.407. The van der Waals surface area contributed by atoms with Crippen molar-refractivity contribution in [2.24, 2.45) is 0 Å². The zero-order chi connectivity index (χ0) is 22.7. The van der Waals surface area contributed by atoms with Crippen molar-refractivity contribution >= 4 is 11.6 Å². The summed E-state index contributed by atoms with van der Waals surface area (Å²) in [6.45, 7) is 10.4. The molecule has 5 nitrogen and oxygen atoms in total. The van der Waals surface area contributed by atoms with Crippen molar-refractivity contribution in [3.05, 3.63) is 71.1 Å². The number of benzene rings is 1. The monoisotopic (exact) mass is 433 g/mol. The first-order chi connectivity index (χ1) is 15.6. The third-order valence-corrected chi connectivity index (χ3v) is 6.29. The van der Waals surface area contributed by atoms with E-state index in [2.05, 4.69) is 24.5 Å². The molecule has 1 heterocycles. The fourth-order valence-corrected chi connectivity index (χ4v) is 5.04. The van der Waals surface area contributed by atoms with E-state index in [4.69, 9.17) is 9.47 Å². The lowest BCUT2D eigenvalue weighted by Crippen LogP contribution is -2.36. The van der Waals surface area contributed by atoms with Crippen LogP contribution in [0, 0.1) is 0 Å². The van der Waals surface area contributed by atoms with Crippen LogP contribution in [0.5, 0.6) is 11.5 Å². The second kappa shape index (κ2) is 9.60. The van der Waals surface area contributed by atoms with Gasteiger partial charge in [-0.05, 0) is 50.7 Å². The maximum absolute atomic E-state index is 13.1. The van der Waals surface area contributed by atoms with Gasteiger partial charge in [-0.2, -0.15) is 0 Å². The number of nitrogens with one attached hydrogen (secondary N) is 1. The number of allylic oxidation sites excluding steroid dienone is 5. The third-order valence-electron chi connectivity index (χ3n) is 6.29. The highest BCUT2D eigenvalue weighted by molar-refractivity contribution is 6.06. The summed E-state index contributed by atoms with van der Waals surface area (Å²) in [5, 5.41) is 3.47. The summed E-state index contributed by atoms with van der Waals surface area (Å²) in [4.78, 5) is 26.2. The molecule has 168 valence electrons. The van der Waals surface area contributed by atoms with Crippen LogP contribution in [-0.4, -0.2) is 24.8 Å². The van der Waals surface area contributed by atoms with Gasteiger partial charge < -0.3 is 14.8 Å². The number of hydrogen-bond acceptors (Lipinski definition) is 5. The Morgan fingerprint density at radius 1 is 0.969 bits per heavy atom. The summed E-state index contributed by atoms with van der Waals surface area (Å²) in [7, 11) is 0. The van der Waals surface area contributed by atoms with Gasteiger partial charge in [0.25, 0.3) is 0 Å². The van der Waals surface area contributed by atoms with Crippen molar-refractivity contribution in [3.8, 4) is 11.5 Å². The Bertz CT molecular complexity index is 988. The van der Waals surface area contributed by atoms with E-state index in [-0.39, 0.29) is 17.5 Å². The summed E-state index contributed by atoms with van der Waals surface area (Å²) in [5.74, 6) is 1.18. The Balaban J connectivity index is 1.92. The lowest BCUT2D eigenvalue weighted by atomic mass is 9.71. The molecule has 1 aromatic rings. The smallest absolute Gasteiger partial charge is 0.165 e. The molecule has 0 atom stereocenters. The van der Waals surface area contributed by atoms with E-state index in [1.54, 1.807) is 6.08 Å². The Morgan fingerprint density at radius 3 is 2.19 bits per heavy atom. The lowest BCUT2D eigenvalue weighted by molar-refractivity contribution is -0.116. The topological polar surface area (TPSA) is 64.6 Å². The van der Waals surface area contributed by atoms with Crippen LogP contribution in [0.1, 0.15) is 62.5 Å². The van der Waals surface area contributed by atoms with Gasteiger partial charge >= 0.3 is 0 Å². The third kappa shape index (κ3) is 4.04. The molecule has 4 rings (SSSR count). The molecule has 0 fully saturated rings. The van der Waals surface area contributed by atoms with Gasteiger partial charge in [-0.1, -0.05) is 24.8 Å². The van der Waals surface area contributed by atoms with Crippen LogP contribution < -0.4 is 14.8 Å². The van der Waals surface area contributed by atoms with E-state index >= 15 is 0 Å². The number of hydrogen-bond donors (Lipinski definition) is 1. The molecule has 0 aromatic heterocycles. The number of rotatable bonds is 8. The molecule has 1 N–H and O–H groups in total. The molecule has 1 aliphatic heterocycles. The highest BCUT2D eigenvalue weighted by Gasteiger charge is 2.40. The van der Waals surface area contributed by atoms with E-state index in [1.807, 2.05) is 19.1 Å². The molecule has 3 aliphatic rings. The first-order valence-electron chi connectivity index (χ1n) is 11.5. The Hall–Kier alpha value is -3.08. The van der Waals surface area contributed by atoms with E-state index in [1.165, 1.54) is 0 Å². The van der Waals surface area contributed by atoms with Gasteiger partial charge in [-0.15, -0.1) is 6.58 Å². The Morgan fingerprint density at radius 2 is 1.62 bits per heavy atom. The van der Waals surface area contributed by atoms with Crippen molar-refractivity contribution in [1.29, 1.82) is 0 Å². The summed E-state index contributed by atoms with van der Waals surface area (Å²) in [6.07, 6.45) is 8.50. The molecular weight excluding hydrogens is 402 g/mol. The largest absolute Gasteiger partial charge is 0.490 e. The summed E-state index contributed by atoms with van der Waals surface area (Å²) in [6, 6.07) is 4.00. The molecule has 0 unspecified atom stereocenters. The normalized spacial score (nSPS) is 18.7. The van der Waals surface area contributed by atoms with Crippen LogP contribution >= 0.6 is 0 Å². The lowest BCUT2D eigenvalue weighted by Gasteiger charge is -2.37. The molecule has 32 heavy (non-hydrogen) atoms. The zero-order valence-corrected chi connectivity index (χ0v) is 18.8. The summed E-state index contributed by atoms with van der Waals surface area (Å²) in [5.41, 5.74) is 5.29. The molecular formula is C27H31NO4. The van der Waals surface area contributed by atoms with Crippen LogP contribution in [0.15, 0.2) is 60.0 Å². The second-order valence-corrected chi connectivity index (χ2v) is 8.43. The van der Waals surface area contributed by atoms with Crippen molar-refractivity contribution in [2.75, 3.05) is 13.2 Å². The standard InChI is InChI=1S/C27H31NO4/c1-4-9-17-15-18(16-23(31-6-3)27(17)32-14-5-2)24-25-19(10-7-12-21(25)29)28-20-11-8-13-22(30)26(20)24/h4-5,15-16,24,28H,1-2,6-14H2,3H3. The maximum atomic E-state index is 13.1. The average molecular weight is 434 g/mol. The molecule has 0 bridgehead atoms. The van der Waals surface area contributed by atoms with Crippen LogP contribution in [0.4, 0.5) is 0 Å². The van der Waals surface area contributed by atoms with E-state index in [0.29, 0.717) is 44.0 Å². The van der Waals surface area contributed by atoms with E-state index < -0.39 is 0 Å². The Kier molecular flexibility index (Phi) is 6.63. The van der Waals surface area contributed by atoms with Gasteiger partial charge in [0.2, 0.25) is 0 Å². The number of ether oxygens (including phenoxy) is 2. The van der Waals surface area contributed by atoms with E-state index in [9.17, 15) is 9.59 Å². The summed E-state index contributed by atoms with van der Waals surface area (Å²) < 4.78 is 11.9. The van der Waals surface area contributed by atoms with E-state index in [0.717, 1.165) is 59.4 Å².